The molecule has 2 N–H and O–H groups in total. The van der Waals surface area contributed by atoms with Crippen molar-refractivity contribution in [3.05, 3.63) is 52.5 Å². The van der Waals surface area contributed by atoms with Gasteiger partial charge in [0.15, 0.2) is 0 Å². The first-order valence-corrected chi connectivity index (χ1v) is 6.31. The Bertz CT molecular complexity index is 738. The van der Waals surface area contributed by atoms with E-state index in [1.165, 1.54) is 19.2 Å². The molecular formula is C15H11ClN2O3. The molecule has 6 heteroatoms. The summed E-state index contributed by atoms with van der Waals surface area (Å²) in [7, 11) is 1.52. The summed E-state index contributed by atoms with van der Waals surface area (Å²) in [4.78, 5) is 11.1. The number of benzene rings is 2. The van der Waals surface area contributed by atoms with Crippen LogP contribution >= 0.6 is 11.6 Å². The number of methoxy groups -OCH3 is 1. The van der Waals surface area contributed by atoms with E-state index >= 15 is 0 Å². The van der Waals surface area contributed by atoms with Gasteiger partial charge in [-0.3, -0.25) is 0 Å². The second-order valence-corrected chi connectivity index (χ2v) is 4.56. The van der Waals surface area contributed by atoms with Gasteiger partial charge in [0.2, 0.25) is 0 Å². The van der Waals surface area contributed by atoms with Crippen molar-refractivity contribution in [2.45, 2.75) is 0 Å². The number of hydrogen-bond donors (Lipinski definition) is 2. The van der Waals surface area contributed by atoms with E-state index in [0.29, 0.717) is 22.7 Å². The number of anilines is 2. The Morgan fingerprint density at radius 3 is 2.71 bits per heavy atom. The Kier molecular flexibility index (Phi) is 4.31. The molecule has 0 aliphatic heterocycles. The number of hydrogen-bond acceptors (Lipinski definition) is 4. The summed E-state index contributed by atoms with van der Waals surface area (Å²) in [6.07, 6.45) is 0. The lowest BCUT2D eigenvalue weighted by molar-refractivity contribution is 0.0697. The van der Waals surface area contributed by atoms with Crippen LogP contribution in [0, 0.1) is 11.3 Å². The SMILES string of the molecule is COc1ccc(C#N)c(Nc2ccc(Cl)c(C(=O)O)c2)c1. The van der Waals surface area contributed by atoms with Gasteiger partial charge in [-0.25, -0.2) is 4.79 Å². The number of nitrogens with one attached hydrogen (secondary N) is 1. The summed E-state index contributed by atoms with van der Waals surface area (Å²) in [5, 5.41) is 21.3. The second kappa shape index (κ2) is 6.16. The molecule has 0 saturated carbocycles. The minimum absolute atomic E-state index is 0.0110. The number of carbonyl (C=O) groups is 1. The Morgan fingerprint density at radius 1 is 1.33 bits per heavy atom. The first-order valence-electron chi connectivity index (χ1n) is 5.93. The predicted molar refractivity (Wildman–Crippen MR) is 79.4 cm³/mol. The van der Waals surface area contributed by atoms with Gasteiger partial charge < -0.3 is 15.2 Å². The van der Waals surface area contributed by atoms with Crippen molar-refractivity contribution in [1.29, 1.82) is 5.26 Å². The van der Waals surface area contributed by atoms with Crippen molar-refractivity contribution in [3.63, 3.8) is 0 Å². The van der Waals surface area contributed by atoms with E-state index in [9.17, 15) is 4.79 Å². The highest BCUT2D eigenvalue weighted by atomic mass is 35.5. The number of nitriles is 1. The normalized spacial score (nSPS) is 9.76. The van der Waals surface area contributed by atoms with Crippen LogP contribution in [0.3, 0.4) is 0 Å². The van der Waals surface area contributed by atoms with Crippen molar-refractivity contribution in [2.24, 2.45) is 0 Å². The Morgan fingerprint density at radius 2 is 2.10 bits per heavy atom. The van der Waals surface area contributed by atoms with Gasteiger partial charge in [-0.2, -0.15) is 5.26 Å². The topological polar surface area (TPSA) is 82.3 Å². The van der Waals surface area contributed by atoms with E-state index in [-0.39, 0.29) is 10.6 Å². The average Bonchev–Trinajstić information content (AvgIpc) is 2.48. The molecular weight excluding hydrogens is 292 g/mol. The van der Waals surface area contributed by atoms with Crippen molar-refractivity contribution in [1.82, 2.24) is 0 Å². The Hall–Kier alpha value is -2.71. The maximum Gasteiger partial charge on any atom is 0.337 e. The summed E-state index contributed by atoms with van der Waals surface area (Å²) >= 11 is 5.82. The van der Waals surface area contributed by atoms with Crippen LogP contribution in [0.2, 0.25) is 5.02 Å². The number of aromatic carboxylic acids is 1. The minimum Gasteiger partial charge on any atom is -0.497 e. The largest absolute Gasteiger partial charge is 0.497 e. The summed E-state index contributed by atoms with van der Waals surface area (Å²) in [6, 6.07) is 11.5. The molecule has 5 nitrogen and oxygen atoms in total. The third kappa shape index (κ3) is 3.25. The molecule has 0 heterocycles. The van der Waals surface area contributed by atoms with E-state index < -0.39 is 5.97 Å². The quantitative estimate of drug-likeness (QED) is 0.900. The monoisotopic (exact) mass is 302 g/mol. The third-order valence-electron chi connectivity index (χ3n) is 2.82. The zero-order valence-corrected chi connectivity index (χ0v) is 11.8. The number of rotatable bonds is 4. The number of carboxylic acid groups (broad SMARTS) is 1. The van der Waals surface area contributed by atoms with Crippen LogP contribution in [0.15, 0.2) is 36.4 Å². The van der Waals surface area contributed by atoms with Gasteiger partial charge in [-0.1, -0.05) is 11.6 Å². The van der Waals surface area contributed by atoms with Crippen LogP contribution in [-0.2, 0) is 0 Å². The molecule has 0 aliphatic rings. The molecule has 0 radical (unpaired) electrons. The lowest BCUT2D eigenvalue weighted by atomic mass is 10.1. The molecule has 0 aromatic heterocycles. The van der Waals surface area contributed by atoms with Gasteiger partial charge in [0.05, 0.1) is 28.9 Å². The van der Waals surface area contributed by atoms with E-state index in [2.05, 4.69) is 11.4 Å². The molecule has 106 valence electrons. The van der Waals surface area contributed by atoms with Crippen LogP contribution in [0.1, 0.15) is 15.9 Å². The standard InChI is InChI=1S/C15H11ClN2O3/c1-21-11-4-2-9(8-17)14(7-11)18-10-3-5-13(16)12(6-10)15(19)20/h2-7,18H,1H3,(H,19,20). The highest BCUT2D eigenvalue weighted by molar-refractivity contribution is 6.33. The number of carboxylic acids is 1. The van der Waals surface area contributed by atoms with E-state index in [4.69, 9.17) is 26.7 Å². The van der Waals surface area contributed by atoms with Crippen molar-refractivity contribution in [3.8, 4) is 11.8 Å². The van der Waals surface area contributed by atoms with Gasteiger partial charge in [0.1, 0.15) is 11.8 Å². The Labute approximate surface area is 126 Å². The van der Waals surface area contributed by atoms with Gasteiger partial charge in [-0.05, 0) is 30.3 Å². The van der Waals surface area contributed by atoms with E-state index in [1.807, 2.05) is 0 Å². The van der Waals surface area contributed by atoms with Gasteiger partial charge >= 0.3 is 5.97 Å². The number of halogens is 1. The van der Waals surface area contributed by atoms with Crippen molar-refractivity contribution < 1.29 is 14.6 Å². The van der Waals surface area contributed by atoms with Crippen LogP contribution < -0.4 is 10.1 Å². The van der Waals surface area contributed by atoms with Crippen LogP contribution in [-0.4, -0.2) is 18.2 Å². The fourth-order valence-corrected chi connectivity index (χ4v) is 1.97. The minimum atomic E-state index is -1.12. The maximum absolute atomic E-state index is 11.1. The fourth-order valence-electron chi connectivity index (χ4n) is 1.77. The Balaban J connectivity index is 2.40. The molecule has 0 fully saturated rings. The molecule has 2 rings (SSSR count). The molecule has 0 atom stereocenters. The number of nitrogens with zero attached hydrogens (tertiary/aromatic N) is 1. The highest BCUT2D eigenvalue weighted by Gasteiger charge is 2.11. The first kappa shape index (κ1) is 14.7. The second-order valence-electron chi connectivity index (χ2n) is 4.15. The zero-order valence-electron chi connectivity index (χ0n) is 11.1. The maximum atomic E-state index is 11.1. The van der Waals surface area contributed by atoms with E-state index in [0.717, 1.165) is 0 Å². The highest BCUT2D eigenvalue weighted by Crippen LogP contribution is 2.27. The number of ether oxygens (including phenoxy) is 1. The van der Waals surface area contributed by atoms with Gasteiger partial charge in [-0.15, -0.1) is 0 Å². The molecule has 0 spiro atoms. The molecule has 2 aromatic carbocycles. The predicted octanol–water partition coefficient (Wildman–Crippen LogP) is 3.66. The van der Waals surface area contributed by atoms with Crippen molar-refractivity contribution >= 4 is 28.9 Å². The first-order chi connectivity index (χ1) is 10.0. The molecule has 0 bridgehead atoms. The molecule has 21 heavy (non-hydrogen) atoms. The molecule has 0 aliphatic carbocycles. The third-order valence-corrected chi connectivity index (χ3v) is 3.15. The van der Waals surface area contributed by atoms with Crippen LogP contribution in [0.4, 0.5) is 11.4 Å². The summed E-state index contributed by atoms with van der Waals surface area (Å²) < 4.78 is 5.11. The summed E-state index contributed by atoms with van der Waals surface area (Å²) in [5.41, 5.74) is 1.45. The van der Waals surface area contributed by atoms with Gasteiger partial charge in [0.25, 0.3) is 0 Å². The lowest BCUT2D eigenvalue weighted by Gasteiger charge is -2.11. The molecule has 2 aromatic rings. The lowest BCUT2D eigenvalue weighted by Crippen LogP contribution is -2.00. The van der Waals surface area contributed by atoms with Gasteiger partial charge in [0, 0.05) is 11.8 Å². The van der Waals surface area contributed by atoms with Crippen LogP contribution in [0.5, 0.6) is 5.75 Å². The molecule has 0 saturated heterocycles. The zero-order chi connectivity index (χ0) is 15.4. The molecule has 0 amide bonds. The smallest absolute Gasteiger partial charge is 0.337 e. The summed E-state index contributed by atoms with van der Waals surface area (Å²) in [5.74, 6) is -0.529. The molecule has 0 unspecified atom stereocenters. The van der Waals surface area contributed by atoms with Crippen LogP contribution in [0.25, 0.3) is 0 Å². The van der Waals surface area contributed by atoms with E-state index in [1.54, 1.807) is 24.3 Å². The van der Waals surface area contributed by atoms with Crippen molar-refractivity contribution in [2.75, 3.05) is 12.4 Å². The summed E-state index contributed by atoms with van der Waals surface area (Å²) in [6.45, 7) is 0. The average molecular weight is 303 g/mol. The fraction of sp³-hybridized carbons (Fsp3) is 0.0667.